The van der Waals surface area contributed by atoms with Crippen LogP contribution in [0, 0.1) is 11.8 Å². The lowest BCUT2D eigenvalue weighted by molar-refractivity contribution is 0.223. The van der Waals surface area contributed by atoms with Gasteiger partial charge in [-0.1, -0.05) is 53.4 Å². The van der Waals surface area contributed by atoms with Crippen LogP contribution in [0.4, 0.5) is 0 Å². The molecule has 2 heteroatoms. The summed E-state index contributed by atoms with van der Waals surface area (Å²) in [5.74, 6) is 1.81. The van der Waals surface area contributed by atoms with E-state index in [2.05, 4.69) is 37.9 Å². The van der Waals surface area contributed by atoms with E-state index in [1.54, 1.807) is 0 Å². The third-order valence-corrected chi connectivity index (χ3v) is 4.92. The van der Waals surface area contributed by atoms with Gasteiger partial charge in [0.2, 0.25) is 0 Å². The minimum Gasteiger partial charge on any atom is -0.313 e. The van der Waals surface area contributed by atoms with Crippen LogP contribution in [0.15, 0.2) is 0 Å². The van der Waals surface area contributed by atoms with E-state index in [9.17, 15) is 0 Å². The highest BCUT2D eigenvalue weighted by Crippen LogP contribution is 2.23. The van der Waals surface area contributed by atoms with Gasteiger partial charge in [0.15, 0.2) is 0 Å². The van der Waals surface area contributed by atoms with Crippen LogP contribution in [0.2, 0.25) is 0 Å². The van der Waals surface area contributed by atoms with Crippen molar-refractivity contribution in [3.63, 3.8) is 0 Å². The van der Waals surface area contributed by atoms with Gasteiger partial charge in [-0.05, 0) is 31.2 Å². The first kappa shape index (κ1) is 17.0. The summed E-state index contributed by atoms with van der Waals surface area (Å²) in [4.78, 5) is 2.62. The van der Waals surface area contributed by atoms with Crippen LogP contribution in [-0.4, -0.2) is 37.1 Å². The van der Waals surface area contributed by atoms with Crippen LogP contribution in [0.3, 0.4) is 0 Å². The molecule has 2 nitrogen and oxygen atoms in total. The quantitative estimate of drug-likeness (QED) is 0.682. The molecule has 0 aromatic carbocycles. The number of rotatable bonds is 9. The van der Waals surface area contributed by atoms with E-state index in [4.69, 9.17) is 0 Å². The van der Waals surface area contributed by atoms with Crippen molar-refractivity contribution >= 4 is 0 Å². The smallest absolute Gasteiger partial charge is 0.0107 e. The van der Waals surface area contributed by atoms with Crippen LogP contribution >= 0.6 is 0 Å². The lowest BCUT2D eigenvalue weighted by Gasteiger charge is -2.30. The van der Waals surface area contributed by atoms with E-state index in [1.807, 2.05) is 0 Å². The molecule has 19 heavy (non-hydrogen) atoms. The van der Waals surface area contributed by atoms with Crippen LogP contribution in [0.25, 0.3) is 0 Å². The molecule has 1 aliphatic rings. The Morgan fingerprint density at radius 2 is 1.89 bits per heavy atom. The molecule has 2 unspecified atom stereocenters. The van der Waals surface area contributed by atoms with Crippen molar-refractivity contribution in [1.82, 2.24) is 10.2 Å². The van der Waals surface area contributed by atoms with Gasteiger partial charge in [0.25, 0.3) is 0 Å². The highest BCUT2D eigenvalue weighted by atomic mass is 15.1. The fraction of sp³-hybridized carbons (Fsp3) is 1.00. The summed E-state index contributed by atoms with van der Waals surface area (Å²) in [5.41, 5.74) is 0. The fourth-order valence-corrected chi connectivity index (χ4v) is 3.34. The molecule has 0 spiro atoms. The van der Waals surface area contributed by atoms with Crippen molar-refractivity contribution in [2.45, 2.75) is 72.3 Å². The molecule has 1 N–H and O–H groups in total. The number of nitrogens with one attached hydrogen (secondary N) is 1. The summed E-state index contributed by atoms with van der Waals surface area (Å²) < 4.78 is 0. The molecule has 1 saturated carbocycles. The lowest BCUT2D eigenvalue weighted by Crippen LogP contribution is -2.40. The Morgan fingerprint density at radius 1 is 1.16 bits per heavy atom. The van der Waals surface area contributed by atoms with Crippen molar-refractivity contribution in [3.8, 4) is 0 Å². The zero-order valence-corrected chi connectivity index (χ0v) is 13.8. The predicted octanol–water partition coefficient (Wildman–Crippen LogP) is 3.91. The second-order valence-electron chi connectivity index (χ2n) is 6.50. The van der Waals surface area contributed by atoms with Crippen molar-refractivity contribution in [2.75, 3.05) is 26.2 Å². The Bertz CT molecular complexity index is 213. The summed E-state index contributed by atoms with van der Waals surface area (Å²) in [7, 11) is 0. The van der Waals surface area contributed by atoms with Crippen LogP contribution in [-0.2, 0) is 0 Å². The first-order valence-electron chi connectivity index (χ1n) is 8.65. The normalized spacial score (nSPS) is 24.3. The van der Waals surface area contributed by atoms with E-state index in [0.717, 1.165) is 17.9 Å². The SMILES string of the molecule is CCC(CC)CN(CC)CCNC1CCCC(C)C1. The predicted molar refractivity (Wildman–Crippen MR) is 85.6 cm³/mol. The zero-order valence-electron chi connectivity index (χ0n) is 13.8. The highest BCUT2D eigenvalue weighted by molar-refractivity contribution is 4.76. The van der Waals surface area contributed by atoms with Gasteiger partial charge in [-0.25, -0.2) is 0 Å². The Morgan fingerprint density at radius 3 is 2.47 bits per heavy atom. The van der Waals surface area contributed by atoms with Gasteiger partial charge in [-0.2, -0.15) is 0 Å². The Labute approximate surface area is 121 Å². The zero-order chi connectivity index (χ0) is 14.1. The summed E-state index contributed by atoms with van der Waals surface area (Å²) in [6, 6.07) is 0.788. The average molecular weight is 268 g/mol. The highest BCUT2D eigenvalue weighted by Gasteiger charge is 2.18. The molecule has 1 rings (SSSR count). The largest absolute Gasteiger partial charge is 0.313 e. The molecule has 0 aromatic heterocycles. The molecule has 2 atom stereocenters. The standard InChI is InChI=1S/C17H36N2/c1-5-16(6-2)14-19(7-3)12-11-18-17-10-8-9-15(4)13-17/h15-18H,5-14H2,1-4H3. The molecule has 114 valence electrons. The first-order chi connectivity index (χ1) is 9.19. The maximum absolute atomic E-state index is 3.78. The number of nitrogens with zero attached hydrogens (tertiary/aromatic N) is 1. The minimum atomic E-state index is 0.788. The third kappa shape index (κ3) is 6.76. The monoisotopic (exact) mass is 268 g/mol. The number of hydrogen-bond acceptors (Lipinski definition) is 2. The second-order valence-corrected chi connectivity index (χ2v) is 6.50. The van der Waals surface area contributed by atoms with E-state index in [-0.39, 0.29) is 0 Å². The minimum absolute atomic E-state index is 0.788. The van der Waals surface area contributed by atoms with Gasteiger partial charge < -0.3 is 10.2 Å². The van der Waals surface area contributed by atoms with E-state index < -0.39 is 0 Å². The molecule has 0 saturated heterocycles. The molecule has 1 aliphatic carbocycles. The van der Waals surface area contributed by atoms with Gasteiger partial charge in [-0.3, -0.25) is 0 Å². The molecule has 0 aliphatic heterocycles. The molecular formula is C17H36N2. The van der Waals surface area contributed by atoms with Gasteiger partial charge in [0.1, 0.15) is 0 Å². The maximum atomic E-state index is 3.78. The van der Waals surface area contributed by atoms with Gasteiger partial charge >= 0.3 is 0 Å². The summed E-state index contributed by atoms with van der Waals surface area (Å²) >= 11 is 0. The van der Waals surface area contributed by atoms with E-state index in [1.165, 1.54) is 64.7 Å². The molecule has 0 amide bonds. The fourth-order valence-electron chi connectivity index (χ4n) is 3.34. The average Bonchev–Trinajstić information content (AvgIpc) is 2.43. The van der Waals surface area contributed by atoms with Crippen molar-refractivity contribution < 1.29 is 0 Å². The summed E-state index contributed by atoms with van der Waals surface area (Å²) in [6.07, 6.45) is 8.28. The van der Waals surface area contributed by atoms with Crippen molar-refractivity contribution in [2.24, 2.45) is 11.8 Å². The van der Waals surface area contributed by atoms with Gasteiger partial charge in [0.05, 0.1) is 0 Å². The van der Waals surface area contributed by atoms with Gasteiger partial charge in [-0.15, -0.1) is 0 Å². The molecule has 0 heterocycles. The summed E-state index contributed by atoms with van der Waals surface area (Å²) in [6.45, 7) is 14.2. The van der Waals surface area contributed by atoms with Crippen LogP contribution in [0.5, 0.6) is 0 Å². The van der Waals surface area contributed by atoms with E-state index in [0.29, 0.717) is 0 Å². The molecule has 0 radical (unpaired) electrons. The van der Waals surface area contributed by atoms with Gasteiger partial charge in [0, 0.05) is 25.7 Å². The topological polar surface area (TPSA) is 15.3 Å². The Balaban J connectivity index is 2.18. The first-order valence-corrected chi connectivity index (χ1v) is 8.65. The van der Waals surface area contributed by atoms with Crippen LogP contribution < -0.4 is 5.32 Å². The van der Waals surface area contributed by atoms with Crippen molar-refractivity contribution in [1.29, 1.82) is 0 Å². The molecule has 0 aromatic rings. The van der Waals surface area contributed by atoms with Crippen molar-refractivity contribution in [3.05, 3.63) is 0 Å². The molecular weight excluding hydrogens is 232 g/mol. The second kappa shape index (κ2) is 9.77. The maximum Gasteiger partial charge on any atom is 0.0107 e. The van der Waals surface area contributed by atoms with Crippen LogP contribution in [0.1, 0.15) is 66.2 Å². The molecule has 1 fully saturated rings. The number of likely N-dealkylation sites (N-methyl/N-ethyl adjacent to an activating group) is 1. The Kier molecular flexibility index (Phi) is 8.72. The van der Waals surface area contributed by atoms with E-state index >= 15 is 0 Å². The lowest BCUT2D eigenvalue weighted by atomic mass is 9.87. The Hall–Kier alpha value is -0.0800. The number of hydrogen-bond donors (Lipinski definition) is 1. The molecule has 0 bridgehead atoms. The summed E-state index contributed by atoms with van der Waals surface area (Å²) in [5, 5.41) is 3.78. The third-order valence-electron chi connectivity index (χ3n) is 4.92.